The van der Waals surface area contributed by atoms with Crippen molar-refractivity contribution in [1.82, 2.24) is 10.2 Å². The van der Waals surface area contributed by atoms with Crippen LogP contribution in [0.25, 0.3) is 0 Å². The molecule has 4 unspecified atom stereocenters. The summed E-state index contributed by atoms with van der Waals surface area (Å²) in [7, 11) is 4.29. The van der Waals surface area contributed by atoms with Crippen LogP contribution in [0.15, 0.2) is 0 Å². The van der Waals surface area contributed by atoms with E-state index in [0.29, 0.717) is 58.7 Å². The Morgan fingerprint density at radius 1 is 1.06 bits per heavy atom. The van der Waals surface area contributed by atoms with E-state index in [1.54, 1.807) is 0 Å². The number of carbonyl (C=O) groups excluding carboxylic acids is 1. The number of rotatable bonds is 9. The van der Waals surface area contributed by atoms with Crippen LogP contribution in [0.4, 0.5) is 0 Å². The third kappa shape index (κ3) is 4.90. The quantitative estimate of drug-likeness (QED) is 0.461. The van der Waals surface area contributed by atoms with E-state index < -0.39 is 0 Å². The minimum absolute atomic E-state index is 0.121. The van der Waals surface area contributed by atoms with Gasteiger partial charge in [-0.25, -0.2) is 0 Å². The van der Waals surface area contributed by atoms with Crippen molar-refractivity contribution in [2.75, 3.05) is 27.2 Å². The molecule has 4 heteroatoms. The van der Waals surface area contributed by atoms with Crippen LogP contribution < -0.4 is 5.32 Å². The van der Waals surface area contributed by atoms with E-state index in [1.807, 2.05) is 6.92 Å². The van der Waals surface area contributed by atoms with Gasteiger partial charge in [0.1, 0.15) is 5.78 Å². The lowest BCUT2D eigenvalue weighted by Gasteiger charge is -2.62. The molecule has 0 heterocycles. The van der Waals surface area contributed by atoms with Gasteiger partial charge < -0.3 is 15.3 Å². The summed E-state index contributed by atoms with van der Waals surface area (Å²) in [5.41, 5.74) is 0.757. The maximum absolute atomic E-state index is 12.0. The summed E-state index contributed by atoms with van der Waals surface area (Å²) in [5.74, 6) is 4.28. The van der Waals surface area contributed by atoms with Gasteiger partial charge in [-0.2, -0.15) is 0 Å². The Morgan fingerprint density at radius 2 is 1.76 bits per heavy atom. The number of Topliss-reactive ketones (excluding diaryl/α,β-unsaturated/α-hetero) is 1. The van der Waals surface area contributed by atoms with Gasteiger partial charge in [0.05, 0.1) is 6.10 Å². The van der Waals surface area contributed by atoms with Crippen molar-refractivity contribution in [3.05, 3.63) is 0 Å². The molecule has 0 amide bonds. The number of nitrogens with zero attached hydrogens (tertiary/aromatic N) is 1. The third-order valence-corrected chi connectivity index (χ3v) is 11.7. The second-order valence-corrected chi connectivity index (χ2v) is 13.7. The first-order chi connectivity index (χ1) is 16.1. The number of hydrogen-bond donors (Lipinski definition) is 2. The fourth-order valence-electron chi connectivity index (χ4n) is 9.64. The number of aliphatic hydroxyl groups excluding tert-OH is 1. The van der Waals surface area contributed by atoms with Crippen molar-refractivity contribution >= 4 is 5.78 Å². The second kappa shape index (κ2) is 10.5. The van der Waals surface area contributed by atoms with Gasteiger partial charge in [0, 0.05) is 32.0 Å². The molecule has 10 atom stereocenters. The summed E-state index contributed by atoms with van der Waals surface area (Å²) in [6.07, 6.45) is 12.5. The zero-order valence-electron chi connectivity index (χ0n) is 23.1. The Labute approximate surface area is 210 Å². The van der Waals surface area contributed by atoms with Crippen LogP contribution in [0, 0.1) is 46.3 Å². The Bertz CT molecular complexity index is 710. The van der Waals surface area contributed by atoms with Crippen LogP contribution in [0.1, 0.15) is 98.3 Å². The SMILES string of the molecule is CCC(=O)CC[C@@H](C)[C@H]1CCC2C3C(CC[C@@]21C)[C@@]1(C)CCC(NCCN(C)C)C[C@H]1C[C@H]3O. The van der Waals surface area contributed by atoms with Crippen molar-refractivity contribution < 1.29 is 9.90 Å². The van der Waals surface area contributed by atoms with E-state index in [2.05, 4.69) is 45.1 Å². The first kappa shape index (κ1) is 26.6. The summed E-state index contributed by atoms with van der Waals surface area (Å²) in [6, 6.07) is 0.623. The van der Waals surface area contributed by atoms with E-state index in [1.165, 1.54) is 44.9 Å². The summed E-state index contributed by atoms with van der Waals surface area (Å²) in [5, 5.41) is 15.4. The Kier molecular flexibility index (Phi) is 8.22. The maximum atomic E-state index is 12.0. The summed E-state index contributed by atoms with van der Waals surface area (Å²) < 4.78 is 0. The highest BCUT2D eigenvalue weighted by Gasteiger charge is 2.62. The lowest BCUT2D eigenvalue weighted by molar-refractivity contribution is -0.167. The first-order valence-electron chi connectivity index (χ1n) is 14.7. The standard InChI is InChI=1S/C30H54N2O2/c1-7-23(33)9-8-20(2)24-10-11-25-28-26(13-15-30(24,25)4)29(3)14-12-22(31-16-17-32(5)6)18-21(29)19-27(28)34/h20-22,24-28,31,34H,7-19H2,1-6H3/t20-,21+,22?,24-,25?,26?,27-,28?,29+,30-/m1/s1. The van der Waals surface area contributed by atoms with E-state index in [0.717, 1.165) is 38.3 Å². The van der Waals surface area contributed by atoms with Gasteiger partial charge >= 0.3 is 0 Å². The number of nitrogens with one attached hydrogen (secondary N) is 1. The Morgan fingerprint density at radius 3 is 2.47 bits per heavy atom. The van der Waals surface area contributed by atoms with Crippen LogP contribution in [-0.4, -0.2) is 55.1 Å². The number of aliphatic hydroxyl groups is 1. The van der Waals surface area contributed by atoms with Crippen molar-refractivity contribution in [1.29, 1.82) is 0 Å². The number of carbonyl (C=O) groups is 1. The van der Waals surface area contributed by atoms with Gasteiger partial charge in [-0.1, -0.05) is 27.7 Å². The fraction of sp³-hybridized carbons (Fsp3) is 0.967. The molecule has 0 bridgehead atoms. The summed E-state index contributed by atoms with van der Waals surface area (Å²) in [6.45, 7) is 11.7. The normalized spacial score (nSPS) is 44.9. The number of hydrogen-bond acceptors (Lipinski definition) is 4. The molecule has 0 aliphatic heterocycles. The predicted molar refractivity (Wildman–Crippen MR) is 141 cm³/mol. The van der Waals surface area contributed by atoms with Crippen molar-refractivity contribution in [2.45, 2.75) is 110 Å². The average molecular weight is 475 g/mol. The molecule has 2 N–H and O–H groups in total. The third-order valence-electron chi connectivity index (χ3n) is 11.7. The van der Waals surface area contributed by atoms with Gasteiger partial charge in [-0.15, -0.1) is 0 Å². The predicted octanol–water partition coefficient (Wildman–Crippen LogP) is 5.53. The highest BCUT2D eigenvalue weighted by molar-refractivity contribution is 5.77. The molecule has 0 aromatic carbocycles. The first-order valence-corrected chi connectivity index (χ1v) is 14.7. The maximum Gasteiger partial charge on any atom is 0.132 e. The van der Waals surface area contributed by atoms with E-state index in [9.17, 15) is 9.90 Å². The summed E-state index contributed by atoms with van der Waals surface area (Å²) in [4.78, 5) is 14.2. The molecule has 4 aliphatic carbocycles. The second-order valence-electron chi connectivity index (χ2n) is 13.7. The van der Waals surface area contributed by atoms with Crippen LogP contribution in [0.3, 0.4) is 0 Å². The van der Waals surface area contributed by atoms with Crippen LogP contribution in [0.2, 0.25) is 0 Å². The average Bonchev–Trinajstić information content (AvgIpc) is 3.15. The largest absolute Gasteiger partial charge is 0.393 e. The molecule has 0 aromatic rings. The molecular weight excluding hydrogens is 420 g/mol. The minimum Gasteiger partial charge on any atom is -0.393 e. The smallest absolute Gasteiger partial charge is 0.132 e. The van der Waals surface area contributed by atoms with Crippen LogP contribution in [-0.2, 0) is 4.79 Å². The van der Waals surface area contributed by atoms with Crippen LogP contribution in [0.5, 0.6) is 0 Å². The van der Waals surface area contributed by atoms with Gasteiger partial charge in [-0.05, 0) is 118 Å². The highest BCUT2D eigenvalue weighted by Crippen LogP contribution is 2.68. The fourth-order valence-corrected chi connectivity index (χ4v) is 9.64. The van der Waals surface area contributed by atoms with E-state index in [-0.39, 0.29) is 6.10 Å². The zero-order valence-corrected chi connectivity index (χ0v) is 23.1. The molecule has 0 saturated heterocycles. The van der Waals surface area contributed by atoms with Gasteiger partial charge in [0.15, 0.2) is 0 Å². The Hall–Kier alpha value is -0.450. The van der Waals surface area contributed by atoms with Crippen LogP contribution >= 0.6 is 0 Å². The van der Waals surface area contributed by atoms with Gasteiger partial charge in [-0.3, -0.25) is 4.79 Å². The van der Waals surface area contributed by atoms with Crippen molar-refractivity contribution in [2.24, 2.45) is 46.3 Å². The molecule has 4 saturated carbocycles. The van der Waals surface area contributed by atoms with Crippen molar-refractivity contribution in [3.63, 3.8) is 0 Å². The lowest BCUT2D eigenvalue weighted by atomic mass is 9.43. The molecule has 196 valence electrons. The number of ketones is 1. The number of likely N-dealkylation sites (N-methyl/N-ethyl adjacent to an activating group) is 1. The molecule has 4 rings (SSSR count). The zero-order chi connectivity index (χ0) is 24.7. The molecule has 4 fully saturated rings. The topological polar surface area (TPSA) is 52.6 Å². The molecule has 0 aromatic heterocycles. The number of fused-ring (bicyclic) bond motifs is 5. The van der Waals surface area contributed by atoms with E-state index >= 15 is 0 Å². The molecule has 4 nitrogen and oxygen atoms in total. The van der Waals surface area contributed by atoms with Gasteiger partial charge in [0.25, 0.3) is 0 Å². The Balaban J connectivity index is 1.43. The molecule has 4 aliphatic rings. The highest BCUT2D eigenvalue weighted by atomic mass is 16.3. The monoisotopic (exact) mass is 474 g/mol. The molecule has 0 radical (unpaired) electrons. The minimum atomic E-state index is -0.121. The summed E-state index contributed by atoms with van der Waals surface area (Å²) >= 11 is 0. The molecular formula is C30H54N2O2. The van der Waals surface area contributed by atoms with Gasteiger partial charge in [0.2, 0.25) is 0 Å². The molecule has 0 spiro atoms. The molecule has 34 heavy (non-hydrogen) atoms. The van der Waals surface area contributed by atoms with Crippen molar-refractivity contribution in [3.8, 4) is 0 Å². The lowest BCUT2D eigenvalue weighted by Crippen LogP contribution is -2.59. The van der Waals surface area contributed by atoms with E-state index in [4.69, 9.17) is 0 Å².